The molecule has 5 rings (SSSR count). The summed E-state index contributed by atoms with van der Waals surface area (Å²) >= 11 is 6.44. The molecule has 1 atom stereocenters. The van der Waals surface area contributed by atoms with Gasteiger partial charge in [0.2, 0.25) is 5.88 Å². The maximum Gasteiger partial charge on any atom is 0.316 e. The number of halogens is 2. The van der Waals surface area contributed by atoms with Crippen molar-refractivity contribution in [3.8, 4) is 17.3 Å². The van der Waals surface area contributed by atoms with Crippen LogP contribution in [0, 0.1) is 11.7 Å². The third-order valence-electron chi connectivity index (χ3n) is 7.37. The van der Waals surface area contributed by atoms with Gasteiger partial charge in [-0.25, -0.2) is 13.9 Å². The van der Waals surface area contributed by atoms with Crippen molar-refractivity contribution in [2.75, 3.05) is 7.11 Å². The van der Waals surface area contributed by atoms with E-state index in [0.29, 0.717) is 28.4 Å². The van der Waals surface area contributed by atoms with Crippen LogP contribution in [0.2, 0.25) is 5.02 Å². The maximum atomic E-state index is 15.0. The summed E-state index contributed by atoms with van der Waals surface area (Å²) in [7, 11) is 1.54. The lowest BCUT2D eigenvalue weighted by atomic mass is 9.91. The average Bonchev–Trinajstić information content (AvgIpc) is 3.55. The third-order valence-corrected chi connectivity index (χ3v) is 7.68. The van der Waals surface area contributed by atoms with Gasteiger partial charge in [0.1, 0.15) is 23.5 Å². The van der Waals surface area contributed by atoms with Crippen molar-refractivity contribution in [3.63, 3.8) is 0 Å². The van der Waals surface area contributed by atoms with Crippen molar-refractivity contribution < 1.29 is 28.3 Å². The predicted molar refractivity (Wildman–Crippen MR) is 141 cm³/mol. The van der Waals surface area contributed by atoms with Crippen molar-refractivity contribution in [1.29, 1.82) is 0 Å². The summed E-state index contributed by atoms with van der Waals surface area (Å²) in [5.74, 6) is 0.410. The van der Waals surface area contributed by atoms with Crippen LogP contribution in [0.25, 0.3) is 5.69 Å². The molecule has 200 valence electrons. The zero-order valence-corrected chi connectivity index (χ0v) is 22.4. The van der Waals surface area contributed by atoms with Gasteiger partial charge in [-0.3, -0.25) is 4.79 Å². The summed E-state index contributed by atoms with van der Waals surface area (Å²) in [6, 6.07) is 6.29. The molecule has 0 saturated heterocycles. The molecule has 0 amide bonds. The summed E-state index contributed by atoms with van der Waals surface area (Å²) in [4.78, 5) is 15.8. The van der Waals surface area contributed by atoms with E-state index in [4.69, 9.17) is 21.1 Å². The molecule has 1 aliphatic heterocycles. The quantitative estimate of drug-likeness (QED) is 0.321. The monoisotopic (exact) mass is 541 g/mol. The highest BCUT2D eigenvalue weighted by molar-refractivity contribution is 6.31. The Morgan fingerprint density at radius 3 is 2.76 bits per heavy atom. The second-order valence-corrected chi connectivity index (χ2v) is 10.9. The Labute approximate surface area is 225 Å². The lowest BCUT2D eigenvalue weighted by molar-refractivity contribution is -0.517. The molecular formula is C28H31ClFN4O4+. The molecule has 2 aromatic heterocycles. The largest absolute Gasteiger partial charge is 0.497 e. The zero-order valence-electron chi connectivity index (χ0n) is 21.7. The predicted octanol–water partition coefficient (Wildman–Crippen LogP) is 5.90. The Morgan fingerprint density at radius 1 is 1.32 bits per heavy atom. The molecule has 3 heterocycles. The van der Waals surface area contributed by atoms with Crippen molar-refractivity contribution >= 4 is 29.6 Å². The molecule has 1 aromatic carbocycles. The number of aromatic nitrogens is 3. The SMILES string of the molecule is COc1ccc(F)c(-n2ncc(COc3cc(C(CC(=O)O)C4CC4)c(Cl)cn3)c2[N+]2=CCCC2(C)C)c1. The van der Waals surface area contributed by atoms with Crippen LogP contribution in [0.3, 0.4) is 0 Å². The molecule has 0 radical (unpaired) electrons. The van der Waals surface area contributed by atoms with E-state index in [1.165, 1.54) is 19.4 Å². The Morgan fingerprint density at radius 2 is 2.11 bits per heavy atom. The minimum atomic E-state index is -0.858. The van der Waals surface area contributed by atoms with E-state index in [1.807, 2.05) is 0 Å². The maximum absolute atomic E-state index is 15.0. The number of aliphatic carboxylic acids is 1. The highest BCUT2D eigenvalue weighted by Gasteiger charge is 2.39. The molecular weight excluding hydrogens is 511 g/mol. The molecule has 38 heavy (non-hydrogen) atoms. The first kappa shape index (κ1) is 26.2. The fraction of sp³-hybridized carbons (Fsp3) is 0.429. The number of carboxylic acids is 1. The van der Waals surface area contributed by atoms with Crippen LogP contribution in [0.1, 0.15) is 63.0 Å². The van der Waals surface area contributed by atoms with E-state index in [2.05, 4.69) is 34.7 Å². The first-order valence-electron chi connectivity index (χ1n) is 12.7. The fourth-order valence-corrected chi connectivity index (χ4v) is 5.39. The van der Waals surface area contributed by atoms with Gasteiger partial charge in [-0.2, -0.15) is 0 Å². The van der Waals surface area contributed by atoms with Gasteiger partial charge >= 0.3 is 11.8 Å². The summed E-state index contributed by atoms with van der Waals surface area (Å²) in [5.41, 5.74) is 1.56. The van der Waals surface area contributed by atoms with Crippen molar-refractivity contribution in [2.24, 2.45) is 5.92 Å². The van der Waals surface area contributed by atoms with Crippen molar-refractivity contribution in [1.82, 2.24) is 14.8 Å². The minimum absolute atomic E-state index is 0.0107. The van der Waals surface area contributed by atoms with Gasteiger partial charge in [-0.05, 0) is 62.6 Å². The Balaban J connectivity index is 1.49. The van der Waals surface area contributed by atoms with Gasteiger partial charge in [-0.1, -0.05) is 21.4 Å². The number of hydrogen-bond donors (Lipinski definition) is 1. The smallest absolute Gasteiger partial charge is 0.316 e. The molecule has 1 unspecified atom stereocenters. The van der Waals surface area contributed by atoms with Crippen LogP contribution in [-0.2, 0) is 11.4 Å². The van der Waals surface area contributed by atoms with Gasteiger partial charge in [0, 0.05) is 24.8 Å². The number of carboxylic acid groups (broad SMARTS) is 1. The molecule has 3 aromatic rings. The van der Waals surface area contributed by atoms with Gasteiger partial charge in [0.05, 0.1) is 31.0 Å². The number of nitrogens with zero attached hydrogens (tertiary/aromatic N) is 4. The number of ether oxygens (including phenoxy) is 2. The van der Waals surface area contributed by atoms with Gasteiger partial charge in [0.25, 0.3) is 0 Å². The highest BCUT2D eigenvalue weighted by Crippen LogP contribution is 2.47. The molecule has 1 fully saturated rings. The molecule has 0 bridgehead atoms. The van der Waals surface area contributed by atoms with E-state index in [1.54, 1.807) is 29.1 Å². The van der Waals surface area contributed by atoms with Crippen LogP contribution in [0.15, 0.2) is 36.7 Å². The van der Waals surface area contributed by atoms with Crippen LogP contribution in [-0.4, -0.2) is 49.3 Å². The number of rotatable bonds is 10. The number of carbonyl (C=O) groups is 1. The molecule has 0 spiro atoms. The van der Waals surface area contributed by atoms with E-state index in [0.717, 1.165) is 36.8 Å². The van der Waals surface area contributed by atoms with Crippen LogP contribution < -0.4 is 9.47 Å². The van der Waals surface area contributed by atoms with Crippen molar-refractivity contribution in [2.45, 2.75) is 64.0 Å². The van der Waals surface area contributed by atoms with E-state index >= 15 is 0 Å². The normalized spacial score (nSPS) is 17.2. The van der Waals surface area contributed by atoms with Gasteiger partial charge in [0.15, 0.2) is 11.5 Å². The van der Waals surface area contributed by atoms with Crippen molar-refractivity contribution in [3.05, 3.63) is 58.6 Å². The second kappa shape index (κ2) is 10.4. The van der Waals surface area contributed by atoms with Gasteiger partial charge < -0.3 is 14.6 Å². The average molecular weight is 542 g/mol. The second-order valence-electron chi connectivity index (χ2n) is 10.5. The molecule has 8 nitrogen and oxygen atoms in total. The lowest BCUT2D eigenvalue weighted by Gasteiger charge is -2.21. The number of pyridine rings is 1. The first-order valence-corrected chi connectivity index (χ1v) is 13.1. The third kappa shape index (κ3) is 5.25. The molecule has 10 heteroatoms. The zero-order chi connectivity index (χ0) is 27.0. The molecule has 1 saturated carbocycles. The summed E-state index contributed by atoms with van der Waals surface area (Å²) in [6.45, 7) is 4.39. The highest BCUT2D eigenvalue weighted by atomic mass is 35.5. The van der Waals surface area contributed by atoms with Crippen LogP contribution in [0.5, 0.6) is 11.6 Å². The fourth-order valence-electron chi connectivity index (χ4n) is 5.15. The number of benzene rings is 1. The minimum Gasteiger partial charge on any atom is -0.497 e. The molecule has 2 aliphatic rings. The molecule has 1 N–H and O–H groups in total. The van der Waals surface area contributed by atoms with Crippen LogP contribution >= 0.6 is 11.6 Å². The molecule has 1 aliphatic carbocycles. The number of methoxy groups -OCH3 is 1. The Bertz CT molecular complexity index is 1400. The summed E-state index contributed by atoms with van der Waals surface area (Å²) < 4.78 is 30.1. The lowest BCUT2D eigenvalue weighted by Crippen LogP contribution is -2.30. The Hall–Kier alpha value is -3.46. The summed E-state index contributed by atoms with van der Waals surface area (Å²) in [6.07, 6.45) is 9.08. The number of hydrogen-bond acceptors (Lipinski definition) is 5. The van der Waals surface area contributed by atoms with E-state index < -0.39 is 11.8 Å². The summed E-state index contributed by atoms with van der Waals surface area (Å²) in [5, 5.41) is 14.4. The van der Waals surface area contributed by atoms with Crippen LogP contribution in [0.4, 0.5) is 10.2 Å². The van der Waals surface area contributed by atoms with Gasteiger partial charge in [-0.15, -0.1) is 0 Å². The standard InChI is InChI=1S/C28H30ClFN4O4/c1-28(2)9-4-10-33(28)27-18(14-32-34(27)24-11-19(37-3)7-8-23(24)30)16-38-25-12-21(22(29)15-31-25)20(13-26(35)36)17-5-6-17/h7-8,10-12,14-15,17,20H,4-6,9,13,16H2,1-3H3/p+1. The first-order chi connectivity index (χ1) is 18.2. The van der Waals surface area contributed by atoms with E-state index in [9.17, 15) is 14.3 Å². The Kier molecular flexibility index (Phi) is 7.13. The van der Waals surface area contributed by atoms with E-state index in [-0.39, 0.29) is 30.2 Å². The topological polar surface area (TPSA) is 89.5 Å².